The largest absolute Gasteiger partial charge is 0.472 e. The van der Waals surface area contributed by atoms with E-state index in [1.165, 1.54) is 263 Å². The SMILES string of the molecule is CCCCCCCCCCCCCCCCCCCCCCC(=O)OC[C@H](COP(=O)(O)OC[C@@H](O)COP(=O)(O)OC[C@@H](COC(=O)CCCCCCCCCCC)OC(=O)CCCCCCCCCCCC(C)C)OC(=O)CCCCCCCCCCCCCCCCCCCCCC. The van der Waals surface area contributed by atoms with Crippen molar-refractivity contribution in [3.8, 4) is 0 Å². The Kier molecular flexibility index (Phi) is 73.5. The lowest BCUT2D eigenvalue weighted by atomic mass is 10.0. The lowest BCUT2D eigenvalue weighted by Crippen LogP contribution is -2.30. The standard InChI is InChI=1S/C82H160O17P2/c1-6-9-12-15-18-21-23-25-27-29-31-33-35-37-39-41-46-51-56-61-66-80(85)93-72-78(98-81(86)67-62-57-52-47-42-40-38-36-34-32-30-28-26-24-22-19-16-13-10-7-2)74-97-101(90,91)95-70-76(83)69-94-100(88,89)96-73-77(71-92-79(84)65-60-55-50-44-20-17-14-11-8-3)99-82(87)68-63-58-53-48-43-45-49-54-59-64-75(4)5/h75-78,83H,6-74H2,1-5H3,(H,88,89)(H,90,91)/t76-,77+,78+/m0/s1. The third-order valence-corrected chi connectivity index (χ3v) is 21.2. The summed E-state index contributed by atoms with van der Waals surface area (Å²) in [5.41, 5.74) is 0. The maximum Gasteiger partial charge on any atom is 0.472 e. The van der Waals surface area contributed by atoms with E-state index in [9.17, 15) is 43.2 Å². The van der Waals surface area contributed by atoms with Crippen LogP contribution in [0.3, 0.4) is 0 Å². The van der Waals surface area contributed by atoms with Gasteiger partial charge in [-0.1, -0.05) is 388 Å². The number of aliphatic hydroxyl groups is 1. The van der Waals surface area contributed by atoms with Crippen molar-refractivity contribution in [1.29, 1.82) is 0 Å². The molecule has 0 aromatic rings. The maximum atomic E-state index is 13.1. The molecule has 2 unspecified atom stereocenters. The van der Waals surface area contributed by atoms with Crippen molar-refractivity contribution in [3.05, 3.63) is 0 Å². The van der Waals surface area contributed by atoms with E-state index in [2.05, 4.69) is 34.6 Å². The minimum Gasteiger partial charge on any atom is -0.462 e. The molecule has 0 heterocycles. The third kappa shape index (κ3) is 76.1. The number of carbonyl (C=O) groups excluding carboxylic acids is 4. The summed E-state index contributed by atoms with van der Waals surface area (Å²) in [6.45, 7) is 7.29. The van der Waals surface area contributed by atoms with Crippen LogP contribution in [0.2, 0.25) is 0 Å². The van der Waals surface area contributed by atoms with E-state index in [1.54, 1.807) is 0 Å². The second-order valence-corrected chi connectivity index (χ2v) is 32.9. The van der Waals surface area contributed by atoms with Crippen LogP contribution in [0.1, 0.15) is 439 Å². The maximum absolute atomic E-state index is 13.1. The zero-order chi connectivity index (χ0) is 74.1. The van der Waals surface area contributed by atoms with Crippen molar-refractivity contribution >= 4 is 39.5 Å². The van der Waals surface area contributed by atoms with Crippen molar-refractivity contribution in [2.24, 2.45) is 5.92 Å². The summed E-state index contributed by atoms with van der Waals surface area (Å²) in [5.74, 6) is -1.37. The predicted molar refractivity (Wildman–Crippen MR) is 414 cm³/mol. The number of rotatable bonds is 82. The van der Waals surface area contributed by atoms with Crippen LogP contribution in [0.4, 0.5) is 0 Å². The third-order valence-electron chi connectivity index (χ3n) is 19.3. The molecule has 0 saturated carbocycles. The van der Waals surface area contributed by atoms with E-state index in [1.807, 2.05) is 0 Å². The van der Waals surface area contributed by atoms with Crippen LogP contribution in [0.15, 0.2) is 0 Å². The Morgan fingerprint density at radius 3 is 0.673 bits per heavy atom. The summed E-state index contributed by atoms with van der Waals surface area (Å²) in [7, 11) is -9.92. The van der Waals surface area contributed by atoms with Gasteiger partial charge < -0.3 is 33.8 Å². The van der Waals surface area contributed by atoms with Gasteiger partial charge in [0.25, 0.3) is 0 Å². The molecule has 0 aromatic heterocycles. The van der Waals surface area contributed by atoms with Crippen LogP contribution >= 0.6 is 15.6 Å². The normalized spacial score (nSPS) is 13.8. The molecule has 0 aromatic carbocycles. The fourth-order valence-electron chi connectivity index (χ4n) is 12.8. The summed E-state index contributed by atoms with van der Waals surface area (Å²) in [5, 5.41) is 10.6. The number of phosphoric acid groups is 2. The van der Waals surface area contributed by atoms with Crippen LogP contribution < -0.4 is 0 Å². The molecule has 17 nitrogen and oxygen atoms in total. The minimum atomic E-state index is -4.96. The number of aliphatic hydroxyl groups excluding tert-OH is 1. The summed E-state index contributed by atoms with van der Waals surface area (Å²) < 4.78 is 68.7. The highest BCUT2D eigenvalue weighted by Gasteiger charge is 2.30. The molecule has 0 bridgehead atoms. The van der Waals surface area contributed by atoms with Gasteiger partial charge in [0.05, 0.1) is 26.4 Å². The first-order chi connectivity index (χ1) is 49.0. The van der Waals surface area contributed by atoms with Gasteiger partial charge in [-0.2, -0.15) is 0 Å². The second-order valence-electron chi connectivity index (χ2n) is 30.0. The Balaban J connectivity index is 5.19. The van der Waals surface area contributed by atoms with Gasteiger partial charge in [-0.3, -0.25) is 37.3 Å². The Labute approximate surface area is 619 Å². The summed E-state index contributed by atoms with van der Waals surface area (Å²) >= 11 is 0. The van der Waals surface area contributed by atoms with Crippen LogP contribution in [-0.4, -0.2) is 96.7 Å². The summed E-state index contributed by atoms with van der Waals surface area (Å²) in [4.78, 5) is 73.0. The second kappa shape index (κ2) is 74.9. The summed E-state index contributed by atoms with van der Waals surface area (Å²) in [6.07, 6.45) is 66.8. The molecule has 0 aliphatic rings. The van der Waals surface area contributed by atoms with Crippen LogP contribution in [0, 0.1) is 5.92 Å². The van der Waals surface area contributed by atoms with Crippen LogP contribution in [0.25, 0.3) is 0 Å². The first-order valence-electron chi connectivity index (χ1n) is 42.6. The van der Waals surface area contributed by atoms with Crippen molar-refractivity contribution in [2.75, 3.05) is 39.6 Å². The van der Waals surface area contributed by atoms with Gasteiger partial charge in [0.2, 0.25) is 0 Å². The fraction of sp³-hybridized carbons (Fsp3) is 0.951. The molecule has 0 saturated heterocycles. The van der Waals surface area contributed by atoms with Crippen LogP contribution in [-0.2, 0) is 65.4 Å². The highest BCUT2D eigenvalue weighted by atomic mass is 31.2. The van der Waals surface area contributed by atoms with Gasteiger partial charge in [-0.25, -0.2) is 9.13 Å². The molecule has 0 spiro atoms. The molecular formula is C82H160O17P2. The molecule has 19 heteroatoms. The average Bonchev–Trinajstić information content (AvgIpc) is 0.933. The smallest absolute Gasteiger partial charge is 0.462 e. The average molecular weight is 1480 g/mol. The lowest BCUT2D eigenvalue weighted by Gasteiger charge is -2.21. The van der Waals surface area contributed by atoms with E-state index in [-0.39, 0.29) is 25.7 Å². The zero-order valence-corrected chi connectivity index (χ0v) is 67.8. The molecule has 0 amide bonds. The van der Waals surface area contributed by atoms with Crippen molar-refractivity contribution in [2.45, 2.75) is 457 Å². The molecule has 600 valence electrons. The molecule has 5 atom stereocenters. The van der Waals surface area contributed by atoms with Gasteiger partial charge in [0, 0.05) is 25.7 Å². The number of esters is 4. The van der Waals surface area contributed by atoms with E-state index < -0.39 is 97.5 Å². The van der Waals surface area contributed by atoms with E-state index in [0.717, 1.165) is 95.8 Å². The molecule has 3 N–H and O–H groups in total. The topological polar surface area (TPSA) is 237 Å². The van der Waals surface area contributed by atoms with Crippen molar-refractivity contribution in [1.82, 2.24) is 0 Å². The van der Waals surface area contributed by atoms with Gasteiger partial charge in [-0.05, 0) is 31.6 Å². The monoisotopic (exact) mass is 1480 g/mol. The van der Waals surface area contributed by atoms with Gasteiger partial charge in [0.15, 0.2) is 12.2 Å². The van der Waals surface area contributed by atoms with Gasteiger partial charge >= 0.3 is 39.5 Å². The van der Waals surface area contributed by atoms with Crippen molar-refractivity contribution in [3.63, 3.8) is 0 Å². The molecular weight excluding hydrogens is 1320 g/mol. The molecule has 0 aliphatic heterocycles. The van der Waals surface area contributed by atoms with Crippen molar-refractivity contribution < 1.29 is 80.2 Å². The van der Waals surface area contributed by atoms with E-state index >= 15 is 0 Å². The Morgan fingerprint density at radius 2 is 0.455 bits per heavy atom. The Bertz CT molecular complexity index is 1930. The molecule has 0 aliphatic carbocycles. The Morgan fingerprint density at radius 1 is 0.267 bits per heavy atom. The highest BCUT2D eigenvalue weighted by molar-refractivity contribution is 7.47. The quantitative estimate of drug-likeness (QED) is 0.0222. The van der Waals surface area contributed by atoms with Gasteiger partial charge in [0.1, 0.15) is 19.3 Å². The molecule has 0 radical (unpaired) electrons. The van der Waals surface area contributed by atoms with E-state index in [4.69, 9.17) is 37.0 Å². The Hall–Kier alpha value is -1.94. The first-order valence-corrected chi connectivity index (χ1v) is 45.6. The minimum absolute atomic E-state index is 0.106. The fourth-order valence-corrected chi connectivity index (χ4v) is 14.3. The number of hydrogen-bond donors (Lipinski definition) is 3. The van der Waals surface area contributed by atoms with Crippen LogP contribution in [0.5, 0.6) is 0 Å². The number of carbonyl (C=O) groups is 4. The van der Waals surface area contributed by atoms with Gasteiger partial charge in [-0.15, -0.1) is 0 Å². The molecule has 101 heavy (non-hydrogen) atoms. The molecule has 0 rings (SSSR count). The zero-order valence-electron chi connectivity index (χ0n) is 66.1. The number of ether oxygens (including phenoxy) is 4. The lowest BCUT2D eigenvalue weighted by molar-refractivity contribution is -0.161. The number of phosphoric ester groups is 2. The highest BCUT2D eigenvalue weighted by Crippen LogP contribution is 2.45. The first kappa shape index (κ1) is 99.1. The van der Waals surface area contributed by atoms with E-state index in [0.29, 0.717) is 25.7 Å². The molecule has 0 fully saturated rings. The predicted octanol–water partition coefficient (Wildman–Crippen LogP) is 24.8. The number of unbranched alkanes of at least 4 members (excludes halogenated alkanes) is 54. The summed E-state index contributed by atoms with van der Waals surface area (Å²) in [6, 6.07) is 0. The number of hydrogen-bond acceptors (Lipinski definition) is 15.